The van der Waals surface area contributed by atoms with E-state index in [9.17, 15) is 0 Å². The van der Waals surface area contributed by atoms with Crippen LogP contribution in [0, 0.1) is 0 Å². The second-order valence-electron chi connectivity index (χ2n) is 3.08. The fourth-order valence-electron chi connectivity index (χ4n) is 1.35. The molecule has 0 amide bonds. The van der Waals surface area contributed by atoms with Gasteiger partial charge in [0.15, 0.2) is 0 Å². The van der Waals surface area contributed by atoms with Crippen LogP contribution in [-0.4, -0.2) is 17.8 Å². The minimum absolute atomic E-state index is 0.285. The predicted octanol–water partition coefficient (Wildman–Crippen LogP) is -0.119. The van der Waals surface area contributed by atoms with E-state index in [0.29, 0.717) is 5.69 Å². The molecule has 0 spiro atoms. The highest BCUT2D eigenvalue weighted by atomic mass is 15.6. The second-order valence-corrected chi connectivity index (χ2v) is 3.08. The Bertz CT molecular complexity index is 300. The van der Waals surface area contributed by atoms with Gasteiger partial charge < -0.3 is 5.73 Å². The molecule has 1 aliphatic rings. The van der Waals surface area contributed by atoms with Crippen molar-refractivity contribution in [3.63, 3.8) is 0 Å². The maximum Gasteiger partial charge on any atom is 0.0852 e. The number of aromatic nitrogens is 1. The van der Waals surface area contributed by atoms with Gasteiger partial charge in [0.2, 0.25) is 0 Å². The van der Waals surface area contributed by atoms with Crippen molar-refractivity contribution >= 4 is 11.4 Å². The highest BCUT2D eigenvalue weighted by Crippen LogP contribution is 2.20. The van der Waals surface area contributed by atoms with Gasteiger partial charge in [-0.3, -0.25) is 15.3 Å². The molecule has 1 unspecified atom stereocenters. The van der Waals surface area contributed by atoms with Gasteiger partial charge in [-0.1, -0.05) is 0 Å². The first-order valence-electron chi connectivity index (χ1n) is 4.24. The molecule has 4 N–H and O–H groups in total. The van der Waals surface area contributed by atoms with Crippen molar-refractivity contribution in [1.82, 2.24) is 15.7 Å². The van der Waals surface area contributed by atoms with Crippen LogP contribution in [0.3, 0.4) is 0 Å². The highest BCUT2D eigenvalue weighted by Gasteiger charge is 2.18. The van der Waals surface area contributed by atoms with Crippen molar-refractivity contribution in [2.45, 2.75) is 13.1 Å². The first-order valence-corrected chi connectivity index (χ1v) is 4.24. The monoisotopic (exact) mass is 179 g/mol. The third-order valence-corrected chi connectivity index (χ3v) is 2.02. The zero-order valence-electron chi connectivity index (χ0n) is 7.49. The number of anilines is 2. The molecule has 1 fully saturated rings. The summed E-state index contributed by atoms with van der Waals surface area (Å²) < 4.78 is 0. The van der Waals surface area contributed by atoms with E-state index in [1.807, 2.05) is 11.1 Å². The Kier molecular flexibility index (Phi) is 2.03. The van der Waals surface area contributed by atoms with Crippen LogP contribution in [-0.2, 0) is 0 Å². The molecule has 0 radical (unpaired) electrons. The second kappa shape index (κ2) is 3.20. The summed E-state index contributed by atoms with van der Waals surface area (Å²) in [6, 6.07) is 1.89. The van der Waals surface area contributed by atoms with Gasteiger partial charge in [-0.05, 0) is 13.0 Å². The van der Waals surface area contributed by atoms with Crippen LogP contribution in [0.25, 0.3) is 0 Å². The number of hydrogen-bond acceptors (Lipinski definition) is 5. The highest BCUT2D eigenvalue weighted by molar-refractivity contribution is 5.65. The quantitative estimate of drug-likeness (QED) is 0.561. The summed E-state index contributed by atoms with van der Waals surface area (Å²) in [5.41, 5.74) is 10.6. The lowest BCUT2D eigenvalue weighted by Gasteiger charge is -2.18. The molecule has 1 atom stereocenters. The van der Waals surface area contributed by atoms with Crippen molar-refractivity contribution in [2.24, 2.45) is 0 Å². The van der Waals surface area contributed by atoms with E-state index in [1.165, 1.54) is 0 Å². The normalized spacial score (nSPS) is 22.2. The minimum atomic E-state index is 0.285. The zero-order chi connectivity index (χ0) is 9.26. The third-order valence-electron chi connectivity index (χ3n) is 2.02. The van der Waals surface area contributed by atoms with E-state index in [0.717, 1.165) is 12.4 Å². The van der Waals surface area contributed by atoms with Gasteiger partial charge in [0, 0.05) is 6.20 Å². The molecule has 13 heavy (non-hydrogen) atoms. The van der Waals surface area contributed by atoms with Gasteiger partial charge in [0.1, 0.15) is 0 Å². The van der Waals surface area contributed by atoms with E-state index in [1.54, 1.807) is 12.4 Å². The molecular weight excluding hydrogens is 166 g/mol. The van der Waals surface area contributed by atoms with Crippen molar-refractivity contribution in [1.29, 1.82) is 0 Å². The van der Waals surface area contributed by atoms with Gasteiger partial charge in [-0.25, -0.2) is 5.43 Å². The van der Waals surface area contributed by atoms with Crippen LogP contribution in [0.2, 0.25) is 0 Å². The number of nitrogen functional groups attached to an aromatic ring is 1. The maximum absolute atomic E-state index is 5.77. The summed E-state index contributed by atoms with van der Waals surface area (Å²) in [4.78, 5) is 3.94. The molecule has 0 saturated carbocycles. The van der Waals surface area contributed by atoms with Crippen molar-refractivity contribution in [2.75, 3.05) is 17.4 Å². The lowest BCUT2D eigenvalue weighted by Crippen LogP contribution is -2.35. The molecule has 1 aromatic heterocycles. The van der Waals surface area contributed by atoms with Crippen molar-refractivity contribution < 1.29 is 0 Å². The first kappa shape index (κ1) is 8.28. The van der Waals surface area contributed by atoms with Gasteiger partial charge in [0.25, 0.3) is 0 Å². The predicted molar refractivity (Wildman–Crippen MR) is 51.7 cm³/mol. The number of rotatable bonds is 1. The number of hydrogen-bond donors (Lipinski definition) is 3. The third kappa shape index (κ3) is 1.56. The number of hydrazine groups is 1. The van der Waals surface area contributed by atoms with Gasteiger partial charge in [-0.2, -0.15) is 0 Å². The van der Waals surface area contributed by atoms with Gasteiger partial charge >= 0.3 is 0 Å². The average molecular weight is 179 g/mol. The van der Waals surface area contributed by atoms with Crippen molar-refractivity contribution in [3.8, 4) is 0 Å². The number of nitrogens with one attached hydrogen (secondary N) is 2. The molecule has 1 aromatic rings. The Labute approximate surface area is 76.9 Å². The summed E-state index contributed by atoms with van der Waals surface area (Å²) in [5, 5.41) is 5.21. The van der Waals surface area contributed by atoms with E-state index in [-0.39, 0.29) is 6.17 Å². The molecule has 5 nitrogen and oxygen atoms in total. The molecular formula is C8H13N5. The van der Waals surface area contributed by atoms with Crippen molar-refractivity contribution in [3.05, 3.63) is 18.5 Å². The topological polar surface area (TPSA) is 66.2 Å². The molecule has 1 saturated heterocycles. The fraction of sp³-hybridized carbons (Fsp3) is 0.375. The average Bonchev–Trinajstić information content (AvgIpc) is 2.53. The molecule has 1 aliphatic heterocycles. The van der Waals surface area contributed by atoms with Gasteiger partial charge in [-0.15, -0.1) is 0 Å². The largest absolute Gasteiger partial charge is 0.396 e. The number of pyridine rings is 1. The summed E-state index contributed by atoms with van der Waals surface area (Å²) in [6.07, 6.45) is 3.67. The molecule has 2 heterocycles. The standard InChI is InChI=1S/C8H13N5/c1-6-11-5-13(12-6)8-2-3-10-4-7(8)9/h2-4,6,11-12H,5,9H2,1H3. The molecule has 5 heteroatoms. The Morgan fingerprint density at radius 2 is 2.54 bits per heavy atom. The van der Waals surface area contributed by atoms with Crippen LogP contribution in [0.5, 0.6) is 0 Å². The van der Waals surface area contributed by atoms with Crippen LogP contribution >= 0.6 is 0 Å². The fourth-order valence-corrected chi connectivity index (χ4v) is 1.35. The van der Waals surface area contributed by atoms with E-state index >= 15 is 0 Å². The summed E-state index contributed by atoms with van der Waals surface area (Å²) in [6.45, 7) is 2.81. The zero-order valence-corrected chi connectivity index (χ0v) is 7.49. The first-order chi connectivity index (χ1) is 6.27. The van der Waals surface area contributed by atoms with E-state index < -0.39 is 0 Å². The van der Waals surface area contributed by atoms with Crippen LogP contribution in [0.15, 0.2) is 18.5 Å². The summed E-state index contributed by atoms with van der Waals surface area (Å²) in [5.74, 6) is 0. The lowest BCUT2D eigenvalue weighted by molar-refractivity contribution is 0.596. The maximum atomic E-state index is 5.77. The molecule has 2 rings (SSSR count). The molecule has 0 bridgehead atoms. The minimum Gasteiger partial charge on any atom is -0.396 e. The Morgan fingerprint density at radius 3 is 3.15 bits per heavy atom. The number of nitrogens with two attached hydrogens (primary N) is 1. The van der Waals surface area contributed by atoms with E-state index in [2.05, 4.69) is 22.7 Å². The summed E-state index contributed by atoms with van der Waals surface area (Å²) in [7, 11) is 0. The SMILES string of the molecule is CC1NCN(c2ccncc2N)N1. The Morgan fingerprint density at radius 1 is 1.69 bits per heavy atom. The molecule has 0 aliphatic carbocycles. The summed E-state index contributed by atoms with van der Waals surface area (Å²) >= 11 is 0. The Balaban J connectivity index is 2.21. The van der Waals surface area contributed by atoms with Crippen LogP contribution < -0.4 is 21.5 Å². The molecule has 70 valence electrons. The smallest absolute Gasteiger partial charge is 0.0852 e. The number of nitrogens with zero attached hydrogens (tertiary/aromatic N) is 2. The van der Waals surface area contributed by atoms with Crippen LogP contribution in [0.1, 0.15) is 6.92 Å². The van der Waals surface area contributed by atoms with E-state index in [4.69, 9.17) is 5.73 Å². The Hall–Kier alpha value is -1.33. The lowest BCUT2D eigenvalue weighted by atomic mass is 10.3. The molecule has 0 aromatic carbocycles. The van der Waals surface area contributed by atoms with Gasteiger partial charge in [0.05, 0.1) is 30.4 Å². The van der Waals surface area contributed by atoms with Crippen LogP contribution in [0.4, 0.5) is 11.4 Å².